The van der Waals surface area contributed by atoms with E-state index >= 15 is 0 Å². The minimum Gasteiger partial charge on any atom is -0.508 e. The molecule has 3 aromatic rings. The van der Waals surface area contributed by atoms with Crippen LogP contribution < -0.4 is 5.32 Å². The SMILES string of the molecule is C[C@H](NC(=O)c1cc(-c2ccc(O)cc2)on1)c1ccccc1. The van der Waals surface area contributed by atoms with Crippen molar-refractivity contribution in [1.29, 1.82) is 0 Å². The second kappa shape index (κ2) is 6.36. The van der Waals surface area contributed by atoms with Gasteiger partial charge < -0.3 is 14.9 Å². The lowest BCUT2D eigenvalue weighted by molar-refractivity contribution is 0.0931. The normalized spacial score (nSPS) is 11.9. The zero-order valence-corrected chi connectivity index (χ0v) is 12.6. The van der Waals surface area contributed by atoms with E-state index in [-0.39, 0.29) is 23.4 Å². The van der Waals surface area contributed by atoms with Crippen molar-refractivity contribution in [3.63, 3.8) is 0 Å². The van der Waals surface area contributed by atoms with Crippen LogP contribution >= 0.6 is 0 Å². The molecular weight excluding hydrogens is 292 g/mol. The molecule has 5 heteroatoms. The van der Waals surface area contributed by atoms with Gasteiger partial charge in [0.1, 0.15) is 5.75 Å². The highest BCUT2D eigenvalue weighted by atomic mass is 16.5. The van der Waals surface area contributed by atoms with E-state index in [2.05, 4.69) is 10.5 Å². The van der Waals surface area contributed by atoms with Crippen LogP contribution in [0.3, 0.4) is 0 Å². The minimum atomic E-state index is -0.296. The number of nitrogens with one attached hydrogen (secondary N) is 1. The van der Waals surface area contributed by atoms with E-state index in [4.69, 9.17) is 4.52 Å². The van der Waals surface area contributed by atoms with Gasteiger partial charge >= 0.3 is 0 Å². The molecule has 1 amide bonds. The van der Waals surface area contributed by atoms with Crippen LogP contribution in [0, 0.1) is 0 Å². The number of hydrogen-bond donors (Lipinski definition) is 2. The summed E-state index contributed by atoms with van der Waals surface area (Å²) in [5, 5.41) is 16.0. The first-order valence-corrected chi connectivity index (χ1v) is 7.25. The molecule has 1 aromatic heterocycles. The van der Waals surface area contributed by atoms with Crippen LogP contribution in [0.4, 0.5) is 0 Å². The summed E-state index contributed by atoms with van der Waals surface area (Å²) in [4.78, 5) is 12.3. The summed E-state index contributed by atoms with van der Waals surface area (Å²) in [5.41, 5.74) is 1.98. The molecule has 1 atom stereocenters. The Hall–Kier alpha value is -3.08. The van der Waals surface area contributed by atoms with Crippen LogP contribution in [0.5, 0.6) is 5.75 Å². The number of nitrogens with zero attached hydrogens (tertiary/aromatic N) is 1. The molecule has 5 nitrogen and oxygen atoms in total. The molecule has 0 aliphatic heterocycles. The van der Waals surface area contributed by atoms with Crippen molar-refractivity contribution in [3.8, 4) is 17.1 Å². The van der Waals surface area contributed by atoms with Gasteiger partial charge in [0.15, 0.2) is 11.5 Å². The maximum Gasteiger partial charge on any atom is 0.273 e. The third-order valence-corrected chi connectivity index (χ3v) is 3.54. The molecule has 0 aliphatic rings. The summed E-state index contributed by atoms with van der Waals surface area (Å²) < 4.78 is 5.21. The van der Waals surface area contributed by atoms with E-state index in [9.17, 15) is 9.90 Å². The highest BCUT2D eigenvalue weighted by molar-refractivity contribution is 5.93. The molecule has 2 aromatic carbocycles. The number of aromatic nitrogens is 1. The Morgan fingerprint density at radius 2 is 1.83 bits per heavy atom. The quantitative estimate of drug-likeness (QED) is 0.773. The third-order valence-electron chi connectivity index (χ3n) is 3.54. The molecule has 23 heavy (non-hydrogen) atoms. The summed E-state index contributed by atoms with van der Waals surface area (Å²) in [6.45, 7) is 1.91. The number of carbonyl (C=O) groups excluding carboxylic acids is 1. The number of amides is 1. The van der Waals surface area contributed by atoms with Gasteiger partial charge in [0.05, 0.1) is 6.04 Å². The topological polar surface area (TPSA) is 75.4 Å². The Balaban J connectivity index is 1.72. The molecule has 0 saturated carbocycles. The molecule has 0 fully saturated rings. The standard InChI is InChI=1S/C18H16N2O3/c1-12(13-5-3-2-4-6-13)19-18(22)16-11-17(23-20-16)14-7-9-15(21)10-8-14/h2-12,21H,1H3,(H,19,22)/t12-/m0/s1. The number of rotatable bonds is 4. The predicted molar refractivity (Wildman–Crippen MR) is 85.9 cm³/mol. The summed E-state index contributed by atoms with van der Waals surface area (Å²) in [6, 6.07) is 17.6. The van der Waals surface area contributed by atoms with Crippen molar-refractivity contribution >= 4 is 5.91 Å². The fourth-order valence-electron chi connectivity index (χ4n) is 2.24. The highest BCUT2D eigenvalue weighted by Gasteiger charge is 2.16. The Labute approximate surface area is 133 Å². The fourth-order valence-corrected chi connectivity index (χ4v) is 2.24. The summed E-state index contributed by atoms with van der Waals surface area (Å²) in [5.74, 6) is 0.348. The highest BCUT2D eigenvalue weighted by Crippen LogP contribution is 2.23. The summed E-state index contributed by atoms with van der Waals surface area (Å²) >= 11 is 0. The minimum absolute atomic E-state index is 0.127. The number of benzene rings is 2. The summed E-state index contributed by atoms with van der Waals surface area (Å²) in [7, 11) is 0. The van der Waals surface area contributed by atoms with Crippen LogP contribution in [-0.4, -0.2) is 16.2 Å². The van der Waals surface area contributed by atoms with E-state index in [1.807, 2.05) is 37.3 Å². The molecule has 116 valence electrons. The number of hydrogen-bond acceptors (Lipinski definition) is 4. The lowest BCUT2D eigenvalue weighted by Gasteiger charge is -2.12. The molecule has 3 rings (SSSR count). The van der Waals surface area contributed by atoms with Crippen molar-refractivity contribution in [1.82, 2.24) is 10.5 Å². The average molecular weight is 308 g/mol. The lowest BCUT2D eigenvalue weighted by Crippen LogP contribution is -2.26. The number of phenolic OH excluding ortho intramolecular Hbond substituents is 1. The second-order valence-corrected chi connectivity index (χ2v) is 5.23. The van der Waals surface area contributed by atoms with Crippen LogP contribution in [-0.2, 0) is 0 Å². The molecule has 0 spiro atoms. The molecule has 0 saturated heterocycles. The molecule has 1 heterocycles. The van der Waals surface area contributed by atoms with Crippen LogP contribution in [0.15, 0.2) is 65.2 Å². The lowest BCUT2D eigenvalue weighted by atomic mass is 10.1. The zero-order chi connectivity index (χ0) is 16.2. The first kappa shape index (κ1) is 14.8. The van der Waals surface area contributed by atoms with Gasteiger partial charge in [-0.2, -0.15) is 0 Å². The predicted octanol–water partition coefficient (Wildman–Crippen LogP) is 3.54. The van der Waals surface area contributed by atoms with Crippen molar-refractivity contribution in [3.05, 3.63) is 71.9 Å². The third kappa shape index (κ3) is 3.40. The molecule has 0 radical (unpaired) electrons. The van der Waals surface area contributed by atoms with Crippen molar-refractivity contribution in [2.75, 3.05) is 0 Å². The Bertz CT molecular complexity index is 795. The first-order chi connectivity index (χ1) is 11.1. The monoisotopic (exact) mass is 308 g/mol. The van der Waals surface area contributed by atoms with Gasteiger partial charge in [-0.15, -0.1) is 0 Å². The number of aromatic hydroxyl groups is 1. The molecule has 0 unspecified atom stereocenters. The smallest absolute Gasteiger partial charge is 0.273 e. The molecule has 0 bridgehead atoms. The van der Waals surface area contributed by atoms with E-state index in [1.165, 1.54) is 0 Å². The van der Waals surface area contributed by atoms with Gasteiger partial charge in [-0.3, -0.25) is 4.79 Å². The van der Waals surface area contributed by atoms with Crippen molar-refractivity contribution in [2.24, 2.45) is 0 Å². The Morgan fingerprint density at radius 1 is 1.13 bits per heavy atom. The Morgan fingerprint density at radius 3 is 2.52 bits per heavy atom. The van der Waals surface area contributed by atoms with Gasteiger partial charge in [-0.1, -0.05) is 35.5 Å². The largest absolute Gasteiger partial charge is 0.508 e. The molecule has 0 aliphatic carbocycles. The van der Waals surface area contributed by atoms with Gasteiger partial charge in [0.25, 0.3) is 5.91 Å². The van der Waals surface area contributed by atoms with Crippen molar-refractivity contribution < 1.29 is 14.4 Å². The van der Waals surface area contributed by atoms with E-state index in [1.54, 1.807) is 30.3 Å². The van der Waals surface area contributed by atoms with E-state index < -0.39 is 0 Å². The molecule has 2 N–H and O–H groups in total. The van der Waals surface area contributed by atoms with Crippen LogP contribution in [0.2, 0.25) is 0 Å². The molecular formula is C18H16N2O3. The maximum atomic E-state index is 12.3. The zero-order valence-electron chi connectivity index (χ0n) is 12.6. The van der Waals surface area contributed by atoms with Gasteiger partial charge in [0.2, 0.25) is 0 Å². The average Bonchev–Trinajstić information content (AvgIpc) is 3.06. The number of phenols is 1. The number of carbonyl (C=O) groups is 1. The first-order valence-electron chi connectivity index (χ1n) is 7.25. The van der Waals surface area contributed by atoms with Gasteiger partial charge in [-0.05, 0) is 36.8 Å². The van der Waals surface area contributed by atoms with E-state index in [0.717, 1.165) is 11.1 Å². The summed E-state index contributed by atoms with van der Waals surface area (Å²) in [6.07, 6.45) is 0. The van der Waals surface area contributed by atoms with E-state index in [0.29, 0.717) is 5.76 Å². The van der Waals surface area contributed by atoms with Crippen LogP contribution in [0.1, 0.15) is 29.0 Å². The van der Waals surface area contributed by atoms with Crippen LogP contribution in [0.25, 0.3) is 11.3 Å². The maximum absolute atomic E-state index is 12.3. The van der Waals surface area contributed by atoms with Gasteiger partial charge in [-0.25, -0.2) is 0 Å². The second-order valence-electron chi connectivity index (χ2n) is 5.23. The van der Waals surface area contributed by atoms with Crippen molar-refractivity contribution in [2.45, 2.75) is 13.0 Å². The Kier molecular flexibility index (Phi) is 4.10. The fraction of sp³-hybridized carbons (Fsp3) is 0.111. The van der Waals surface area contributed by atoms with Gasteiger partial charge in [0, 0.05) is 11.6 Å².